The normalized spacial score (nSPS) is 14.7. The largest absolute Gasteiger partial charge is 0.472 e. The number of hydrogen-bond donors (Lipinski definition) is 0. The van der Waals surface area contributed by atoms with Gasteiger partial charge in [0.05, 0.1) is 11.8 Å². The van der Waals surface area contributed by atoms with Crippen molar-refractivity contribution in [2.75, 3.05) is 26.2 Å². The van der Waals surface area contributed by atoms with Crippen LogP contribution in [-0.2, 0) is 0 Å². The minimum absolute atomic E-state index is 0.00192. The molecule has 132 valence electrons. The molecule has 1 fully saturated rings. The van der Waals surface area contributed by atoms with Gasteiger partial charge in [0.15, 0.2) is 0 Å². The predicted molar refractivity (Wildman–Crippen MR) is 83.6 cm³/mol. The summed E-state index contributed by atoms with van der Waals surface area (Å²) in [5.41, 5.74) is 0.866. The van der Waals surface area contributed by atoms with E-state index in [1.165, 1.54) is 36.8 Å². The molecule has 2 amide bonds. The van der Waals surface area contributed by atoms with Crippen LogP contribution in [0.25, 0.3) is 0 Å². The molecular weight excluding hydrogens is 334 g/mol. The molecule has 1 aliphatic rings. The zero-order valence-electron chi connectivity index (χ0n) is 13.2. The zero-order valence-corrected chi connectivity index (χ0v) is 13.2. The fourth-order valence-electron chi connectivity index (χ4n) is 2.64. The highest BCUT2D eigenvalue weighted by molar-refractivity contribution is 5.95. The van der Waals surface area contributed by atoms with Crippen molar-refractivity contribution in [2.24, 2.45) is 0 Å². The number of amides is 2. The van der Waals surface area contributed by atoms with E-state index in [1.807, 2.05) is 0 Å². The van der Waals surface area contributed by atoms with E-state index in [2.05, 4.69) is 4.74 Å². The molecule has 0 saturated carbocycles. The highest BCUT2D eigenvalue weighted by Crippen LogP contribution is 2.17. The van der Waals surface area contributed by atoms with Crippen molar-refractivity contribution in [3.63, 3.8) is 0 Å². The van der Waals surface area contributed by atoms with E-state index in [9.17, 15) is 18.4 Å². The van der Waals surface area contributed by atoms with Crippen LogP contribution in [0.5, 0.6) is 5.75 Å². The van der Waals surface area contributed by atoms with Crippen molar-refractivity contribution in [1.82, 2.24) is 9.80 Å². The Morgan fingerprint density at radius 2 is 1.48 bits per heavy atom. The van der Waals surface area contributed by atoms with E-state index >= 15 is 0 Å². The van der Waals surface area contributed by atoms with Crippen LogP contribution >= 0.6 is 0 Å². The van der Waals surface area contributed by atoms with Gasteiger partial charge in [0.1, 0.15) is 12.0 Å². The van der Waals surface area contributed by atoms with Crippen LogP contribution in [0.1, 0.15) is 20.7 Å². The summed E-state index contributed by atoms with van der Waals surface area (Å²) >= 11 is 0. The van der Waals surface area contributed by atoms with Crippen molar-refractivity contribution in [1.29, 1.82) is 0 Å². The average molecular weight is 350 g/mol. The van der Waals surface area contributed by atoms with Gasteiger partial charge in [-0.2, -0.15) is 8.78 Å². The zero-order chi connectivity index (χ0) is 17.8. The van der Waals surface area contributed by atoms with Crippen molar-refractivity contribution in [2.45, 2.75) is 6.61 Å². The molecule has 0 unspecified atom stereocenters. The van der Waals surface area contributed by atoms with Crippen LogP contribution in [0.15, 0.2) is 47.3 Å². The molecule has 0 radical (unpaired) electrons. The van der Waals surface area contributed by atoms with Gasteiger partial charge in [-0.05, 0) is 30.3 Å². The fraction of sp³-hybridized carbons (Fsp3) is 0.294. The van der Waals surface area contributed by atoms with Gasteiger partial charge in [-0.15, -0.1) is 0 Å². The quantitative estimate of drug-likeness (QED) is 0.850. The fourth-order valence-corrected chi connectivity index (χ4v) is 2.64. The molecule has 1 aromatic carbocycles. The lowest BCUT2D eigenvalue weighted by atomic mass is 10.1. The Labute approximate surface area is 142 Å². The highest BCUT2D eigenvalue weighted by atomic mass is 19.3. The van der Waals surface area contributed by atoms with E-state index < -0.39 is 6.61 Å². The maximum Gasteiger partial charge on any atom is 0.387 e. The lowest BCUT2D eigenvalue weighted by molar-refractivity contribution is -0.0498. The van der Waals surface area contributed by atoms with Crippen molar-refractivity contribution in [3.8, 4) is 5.75 Å². The van der Waals surface area contributed by atoms with Gasteiger partial charge >= 0.3 is 6.61 Å². The summed E-state index contributed by atoms with van der Waals surface area (Å²) in [6.45, 7) is -1.26. The van der Waals surface area contributed by atoms with E-state index in [1.54, 1.807) is 15.9 Å². The number of carbonyl (C=O) groups excluding carboxylic acids is 2. The van der Waals surface area contributed by atoms with Crippen LogP contribution in [0.3, 0.4) is 0 Å². The Kier molecular flexibility index (Phi) is 4.97. The van der Waals surface area contributed by atoms with E-state index in [0.717, 1.165) is 0 Å². The summed E-state index contributed by atoms with van der Waals surface area (Å²) in [5.74, 6) is -0.338. The molecule has 1 aromatic heterocycles. The Balaban J connectivity index is 1.57. The Hall–Kier alpha value is -2.90. The first kappa shape index (κ1) is 16.9. The first-order chi connectivity index (χ1) is 12.0. The molecule has 0 aliphatic carbocycles. The van der Waals surface area contributed by atoms with Crippen LogP contribution in [0, 0.1) is 0 Å². The average Bonchev–Trinajstić information content (AvgIpc) is 3.15. The first-order valence-electron chi connectivity index (χ1n) is 7.70. The molecule has 0 bridgehead atoms. The van der Waals surface area contributed by atoms with Crippen LogP contribution in [0.2, 0.25) is 0 Å². The number of benzene rings is 1. The minimum Gasteiger partial charge on any atom is -0.472 e. The lowest BCUT2D eigenvalue weighted by Gasteiger charge is -2.34. The molecule has 3 rings (SSSR count). The van der Waals surface area contributed by atoms with E-state index in [-0.39, 0.29) is 17.6 Å². The second-order valence-corrected chi connectivity index (χ2v) is 5.50. The second kappa shape index (κ2) is 7.33. The molecular formula is C17H16F2N2O4. The number of hydrogen-bond acceptors (Lipinski definition) is 4. The number of carbonyl (C=O) groups is 2. The van der Waals surface area contributed by atoms with Gasteiger partial charge in [0.25, 0.3) is 11.8 Å². The number of piperazine rings is 1. The number of rotatable bonds is 4. The third-order valence-electron chi connectivity index (χ3n) is 3.95. The molecule has 0 N–H and O–H groups in total. The van der Waals surface area contributed by atoms with Gasteiger partial charge in [-0.1, -0.05) is 0 Å². The second-order valence-electron chi connectivity index (χ2n) is 5.50. The van der Waals surface area contributed by atoms with Gasteiger partial charge in [0.2, 0.25) is 0 Å². The molecule has 1 aliphatic heterocycles. The molecule has 8 heteroatoms. The maximum atomic E-state index is 12.5. The standard InChI is InChI=1S/C17H16F2N2O4/c18-17(19)25-14-3-1-12(2-4-14)15(22)20-6-8-21(9-7-20)16(23)13-5-10-24-11-13/h1-5,10-11,17H,6-9H2. The van der Waals surface area contributed by atoms with E-state index in [0.29, 0.717) is 37.3 Å². The Morgan fingerprint density at radius 3 is 1.96 bits per heavy atom. The van der Waals surface area contributed by atoms with Crippen LogP contribution in [0.4, 0.5) is 8.78 Å². The Bertz CT molecular complexity index is 724. The molecule has 2 heterocycles. The predicted octanol–water partition coefficient (Wildman–Crippen LogP) is 2.48. The van der Waals surface area contributed by atoms with Crippen LogP contribution in [-0.4, -0.2) is 54.4 Å². The van der Waals surface area contributed by atoms with Gasteiger partial charge in [-0.3, -0.25) is 9.59 Å². The molecule has 2 aromatic rings. The monoisotopic (exact) mass is 350 g/mol. The van der Waals surface area contributed by atoms with Gasteiger partial charge in [-0.25, -0.2) is 0 Å². The van der Waals surface area contributed by atoms with Crippen LogP contribution < -0.4 is 4.74 Å². The molecule has 0 spiro atoms. The first-order valence-corrected chi connectivity index (χ1v) is 7.70. The SMILES string of the molecule is O=C(c1ccc(OC(F)F)cc1)N1CCN(C(=O)c2ccoc2)CC1. The summed E-state index contributed by atoms with van der Waals surface area (Å²) < 4.78 is 33.4. The summed E-state index contributed by atoms with van der Waals surface area (Å²) in [5, 5.41) is 0. The van der Waals surface area contributed by atoms with Crippen molar-refractivity contribution < 1.29 is 27.5 Å². The number of nitrogens with zero attached hydrogens (tertiary/aromatic N) is 2. The third-order valence-corrected chi connectivity index (χ3v) is 3.95. The molecule has 0 atom stereocenters. The maximum absolute atomic E-state index is 12.5. The minimum atomic E-state index is -2.90. The third kappa shape index (κ3) is 3.96. The van der Waals surface area contributed by atoms with Gasteiger partial charge < -0.3 is 19.0 Å². The summed E-state index contributed by atoms with van der Waals surface area (Å²) in [6.07, 6.45) is 2.83. The molecule has 1 saturated heterocycles. The number of furan rings is 1. The number of alkyl halides is 2. The summed E-state index contributed by atoms with van der Waals surface area (Å²) in [4.78, 5) is 28.0. The van der Waals surface area contributed by atoms with Gasteiger partial charge in [0, 0.05) is 31.7 Å². The lowest BCUT2D eigenvalue weighted by Crippen LogP contribution is -2.50. The molecule has 6 nitrogen and oxygen atoms in total. The summed E-state index contributed by atoms with van der Waals surface area (Å²) in [6, 6.07) is 7.16. The van der Waals surface area contributed by atoms with Crippen molar-refractivity contribution >= 4 is 11.8 Å². The molecule has 25 heavy (non-hydrogen) atoms. The van der Waals surface area contributed by atoms with Crippen molar-refractivity contribution in [3.05, 3.63) is 54.0 Å². The number of ether oxygens (including phenoxy) is 1. The summed E-state index contributed by atoms with van der Waals surface area (Å²) in [7, 11) is 0. The highest BCUT2D eigenvalue weighted by Gasteiger charge is 2.26. The topological polar surface area (TPSA) is 63.0 Å². The Morgan fingerprint density at radius 1 is 0.920 bits per heavy atom. The smallest absolute Gasteiger partial charge is 0.387 e. The van der Waals surface area contributed by atoms with E-state index in [4.69, 9.17) is 4.42 Å². The number of halogens is 2.